The highest BCUT2D eigenvalue weighted by Gasteiger charge is 2.34. The quantitative estimate of drug-likeness (QED) is 0.664. The molecule has 0 spiro atoms. The van der Waals surface area contributed by atoms with Gasteiger partial charge in [-0.1, -0.05) is 43.3 Å². The number of carbonyl (C=O) groups excluding carboxylic acids is 1. The van der Waals surface area contributed by atoms with Crippen LogP contribution >= 0.6 is 0 Å². The van der Waals surface area contributed by atoms with E-state index in [-0.39, 0.29) is 17.8 Å². The number of nitrogens with two attached hydrogens (primary N) is 1. The summed E-state index contributed by atoms with van der Waals surface area (Å²) in [5.41, 5.74) is 11.4. The Bertz CT molecular complexity index is 728. The van der Waals surface area contributed by atoms with E-state index in [1.807, 2.05) is 30.3 Å². The largest absolute Gasteiger partial charge is 0.469 e. The number of esters is 1. The highest BCUT2D eigenvalue weighted by atomic mass is 16.5. The Balaban J connectivity index is 1.86. The van der Waals surface area contributed by atoms with Crippen molar-refractivity contribution < 1.29 is 9.53 Å². The Morgan fingerprint density at radius 3 is 2.71 bits per heavy atom. The molecule has 1 aliphatic rings. The van der Waals surface area contributed by atoms with Crippen LogP contribution in [0, 0.1) is 5.92 Å². The molecule has 1 aliphatic carbocycles. The van der Waals surface area contributed by atoms with Gasteiger partial charge in [0.15, 0.2) is 0 Å². The third-order valence-corrected chi connectivity index (χ3v) is 4.93. The number of benzene rings is 2. The number of anilines is 2. The average Bonchev–Trinajstić information content (AvgIpc) is 2.61. The molecule has 0 saturated carbocycles. The third kappa shape index (κ3) is 3.09. The van der Waals surface area contributed by atoms with E-state index in [0.29, 0.717) is 0 Å². The lowest BCUT2D eigenvalue weighted by Gasteiger charge is -2.31. The first-order valence-electron chi connectivity index (χ1n) is 8.38. The number of methoxy groups -OCH3 is 1. The van der Waals surface area contributed by atoms with Crippen molar-refractivity contribution in [2.45, 2.75) is 32.2 Å². The third-order valence-electron chi connectivity index (χ3n) is 4.93. The first kappa shape index (κ1) is 16.4. The Labute approximate surface area is 143 Å². The second-order valence-corrected chi connectivity index (χ2v) is 6.45. The van der Waals surface area contributed by atoms with Crippen LogP contribution in [0.5, 0.6) is 0 Å². The topological polar surface area (TPSA) is 64.3 Å². The van der Waals surface area contributed by atoms with Gasteiger partial charge in [0.2, 0.25) is 0 Å². The molecule has 0 bridgehead atoms. The molecule has 0 heterocycles. The lowest BCUT2D eigenvalue weighted by molar-refractivity contribution is -0.144. The summed E-state index contributed by atoms with van der Waals surface area (Å²) in [5, 5.41) is 3.41. The van der Waals surface area contributed by atoms with Crippen molar-refractivity contribution in [2.75, 3.05) is 18.2 Å². The molecule has 126 valence electrons. The van der Waals surface area contributed by atoms with Crippen molar-refractivity contribution in [2.24, 2.45) is 5.92 Å². The molecule has 2 aromatic rings. The molecular formula is C20H24N2O2. The van der Waals surface area contributed by atoms with E-state index in [0.717, 1.165) is 41.9 Å². The van der Waals surface area contributed by atoms with Gasteiger partial charge in [-0.25, -0.2) is 0 Å². The standard InChI is InChI=1S/C20H24N2O2/c1-13-8-9-16-15(18(13)20(23)24-2)10-11-17(19(16)21)22-12-14-6-4-3-5-7-14/h3-7,10-11,13,18,22H,8-9,12,21H2,1-2H3/t13-,18?/m0/s1. The minimum Gasteiger partial charge on any atom is -0.469 e. The maximum absolute atomic E-state index is 12.2. The second-order valence-electron chi connectivity index (χ2n) is 6.45. The minimum atomic E-state index is -0.218. The molecule has 1 unspecified atom stereocenters. The molecule has 3 N–H and O–H groups in total. The number of nitrogens with one attached hydrogen (secondary N) is 1. The fourth-order valence-electron chi connectivity index (χ4n) is 3.53. The first-order valence-corrected chi connectivity index (χ1v) is 8.38. The van der Waals surface area contributed by atoms with Crippen molar-refractivity contribution >= 4 is 17.3 Å². The molecule has 4 heteroatoms. The fraction of sp³-hybridized carbons (Fsp3) is 0.350. The number of carbonyl (C=O) groups is 1. The molecule has 2 atom stereocenters. The minimum absolute atomic E-state index is 0.173. The van der Waals surface area contributed by atoms with Gasteiger partial charge in [0.05, 0.1) is 24.4 Å². The summed E-state index contributed by atoms with van der Waals surface area (Å²) in [7, 11) is 1.45. The monoisotopic (exact) mass is 324 g/mol. The molecule has 0 aliphatic heterocycles. The molecule has 0 aromatic heterocycles. The second kappa shape index (κ2) is 6.95. The highest BCUT2D eigenvalue weighted by Crippen LogP contribution is 2.41. The van der Waals surface area contributed by atoms with E-state index in [4.69, 9.17) is 10.5 Å². The van der Waals surface area contributed by atoms with Gasteiger partial charge in [0, 0.05) is 6.54 Å². The number of rotatable bonds is 4. The number of nitrogen functional groups attached to an aromatic ring is 1. The molecule has 4 nitrogen and oxygen atoms in total. The SMILES string of the molecule is COC(=O)C1c2ccc(NCc3ccccc3)c(N)c2CC[C@@H]1C. The molecule has 0 amide bonds. The molecule has 24 heavy (non-hydrogen) atoms. The van der Waals surface area contributed by atoms with Crippen molar-refractivity contribution in [1.29, 1.82) is 0 Å². The van der Waals surface area contributed by atoms with Gasteiger partial charge >= 0.3 is 5.97 Å². The Kier molecular flexibility index (Phi) is 4.74. The van der Waals surface area contributed by atoms with Gasteiger partial charge < -0.3 is 15.8 Å². The van der Waals surface area contributed by atoms with Gasteiger partial charge in [-0.2, -0.15) is 0 Å². The lowest BCUT2D eigenvalue weighted by atomic mass is 9.75. The number of fused-ring (bicyclic) bond motifs is 1. The van der Waals surface area contributed by atoms with E-state index in [9.17, 15) is 4.79 Å². The Morgan fingerprint density at radius 1 is 1.25 bits per heavy atom. The summed E-state index contributed by atoms with van der Waals surface area (Å²) < 4.78 is 5.00. The van der Waals surface area contributed by atoms with Crippen molar-refractivity contribution in [3.8, 4) is 0 Å². The van der Waals surface area contributed by atoms with Crippen molar-refractivity contribution in [3.63, 3.8) is 0 Å². The molecule has 3 rings (SSSR count). The highest BCUT2D eigenvalue weighted by molar-refractivity contribution is 5.82. The van der Waals surface area contributed by atoms with Crippen LogP contribution in [-0.4, -0.2) is 13.1 Å². The average molecular weight is 324 g/mol. The maximum Gasteiger partial charge on any atom is 0.313 e. The zero-order chi connectivity index (χ0) is 17.1. The Morgan fingerprint density at radius 2 is 2.00 bits per heavy atom. The first-order chi connectivity index (χ1) is 11.6. The van der Waals surface area contributed by atoms with Crippen LogP contribution in [0.1, 0.15) is 36.0 Å². The van der Waals surface area contributed by atoms with Crippen LogP contribution in [0.15, 0.2) is 42.5 Å². The van der Waals surface area contributed by atoms with Gasteiger partial charge in [-0.05, 0) is 41.5 Å². The Hall–Kier alpha value is -2.49. The van der Waals surface area contributed by atoms with Gasteiger partial charge in [-0.15, -0.1) is 0 Å². The van der Waals surface area contributed by atoms with E-state index >= 15 is 0 Å². The smallest absolute Gasteiger partial charge is 0.313 e. The van der Waals surface area contributed by atoms with Gasteiger partial charge in [-0.3, -0.25) is 4.79 Å². The predicted molar refractivity (Wildman–Crippen MR) is 96.9 cm³/mol. The summed E-state index contributed by atoms with van der Waals surface area (Å²) in [6.07, 6.45) is 1.84. The predicted octanol–water partition coefficient (Wildman–Crippen LogP) is 3.72. The fourth-order valence-corrected chi connectivity index (χ4v) is 3.53. The molecular weight excluding hydrogens is 300 g/mol. The number of ether oxygens (including phenoxy) is 1. The normalized spacial score (nSPS) is 19.4. The number of hydrogen-bond donors (Lipinski definition) is 2. The van der Waals surface area contributed by atoms with E-state index in [2.05, 4.69) is 24.4 Å². The van der Waals surface area contributed by atoms with Crippen LogP contribution < -0.4 is 11.1 Å². The molecule has 0 radical (unpaired) electrons. The maximum atomic E-state index is 12.2. The molecule has 0 saturated heterocycles. The summed E-state index contributed by atoms with van der Waals surface area (Å²) in [5.74, 6) is -0.121. The van der Waals surface area contributed by atoms with Crippen LogP contribution in [0.4, 0.5) is 11.4 Å². The van der Waals surface area contributed by atoms with E-state index in [1.165, 1.54) is 12.7 Å². The summed E-state index contributed by atoms with van der Waals surface area (Å²) in [4.78, 5) is 12.2. The summed E-state index contributed by atoms with van der Waals surface area (Å²) in [6, 6.07) is 14.2. The summed E-state index contributed by atoms with van der Waals surface area (Å²) in [6.45, 7) is 2.82. The van der Waals surface area contributed by atoms with E-state index < -0.39 is 0 Å². The molecule has 0 fully saturated rings. The molecule has 2 aromatic carbocycles. The van der Waals surface area contributed by atoms with Gasteiger partial charge in [0.1, 0.15) is 0 Å². The van der Waals surface area contributed by atoms with Crippen LogP contribution in [0.3, 0.4) is 0 Å². The van der Waals surface area contributed by atoms with Crippen LogP contribution in [0.2, 0.25) is 0 Å². The van der Waals surface area contributed by atoms with Gasteiger partial charge in [0.25, 0.3) is 0 Å². The van der Waals surface area contributed by atoms with Crippen molar-refractivity contribution in [1.82, 2.24) is 0 Å². The summed E-state index contributed by atoms with van der Waals surface area (Å²) >= 11 is 0. The van der Waals surface area contributed by atoms with Crippen molar-refractivity contribution in [3.05, 3.63) is 59.2 Å². The van der Waals surface area contributed by atoms with Crippen LogP contribution in [-0.2, 0) is 22.5 Å². The zero-order valence-corrected chi connectivity index (χ0v) is 14.2. The van der Waals surface area contributed by atoms with E-state index in [1.54, 1.807) is 0 Å². The zero-order valence-electron chi connectivity index (χ0n) is 14.2. The number of hydrogen-bond acceptors (Lipinski definition) is 4. The van der Waals surface area contributed by atoms with Crippen LogP contribution in [0.25, 0.3) is 0 Å². The lowest BCUT2D eigenvalue weighted by Crippen LogP contribution is -2.27.